The van der Waals surface area contributed by atoms with Crippen molar-refractivity contribution in [3.63, 3.8) is 0 Å². The van der Waals surface area contributed by atoms with Gasteiger partial charge in [0.1, 0.15) is 5.82 Å². The third-order valence-electron chi connectivity index (χ3n) is 3.95. The number of ether oxygens (including phenoxy) is 1. The van der Waals surface area contributed by atoms with E-state index in [-0.39, 0.29) is 6.03 Å². The molecule has 0 radical (unpaired) electrons. The molecule has 0 bridgehead atoms. The summed E-state index contributed by atoms with van der Waals surface area (Å²) in [7, 11) is 3.47. The molecule has 28 heavy (non-hydrogen) atoms. The lowest BCUT2D eigenvalue weighted by Crippen LogP contribution is -2.39. The number of anilines is 1. The predicted octanol–water partition coefficient (Wildman–Crippen LogP) is 2.32. The van der Waals surface area contributed by atoms with Crippen LogP contribution in [0.15, 0.2) is 18.3 Å². The number of aromatic nitrogens is 1. The minimum atomic E-state index is -5.08. The fourth-order valence-corrected chi connectivity index (χ4v) is 2.49. The van der Waals surface area contributed by atoms with Crippen LogP contribution in [-0.2, 0) is 16.1 Å². The number of urea groups is 1. The summed E-state index contributed by atoms with van der Waals surface area (Å²) in [4.78, 5) is 27.0. The van der Waals surface area contributed by atoms with E-state index in [1.807, 2.05) is 13.1 Å². The number of halogens is 3. The van der Waals surface area contributed by atoms with Crippen molar-refractivity contribution in [2.24, 2.45) is 5.92 Å². The molecule has 1 aromatic rings. The van der Waals surface area contributed by atoms with Crippen LogP contribution in [0.1, 0.15) is 18.4 Å². The highest BCUT2D eigenvalue weighted by atomic mass is 19.4. The van der Waals surface area contributed by atoms with Gasteiger partial charge in [-0.1, -0.05) is 6.07 Å². The number of hydrogen-bond acceptors (Lipinski definition) is 5. The number of carboxylic acid groups (broad SMARTS) is 1. The first-order valence-electron chi connectivity index (χ1n) is 8.60. The Morgan fingerprint density at radius 1 is 1.36 bits per heavy atom. The van der Waals surface area contributed by atoms with Crippen LogP contribution >= 0.6 is 0 Å². The smallest absolute Gasteiger partial charge is 0.475 e. The number of piperidine rings is 1. The SMILES string of the molecule is COCc1ccc(NC(=O)N(C)CC2CCNCC2)nc1.O=C(O)C(F)(F)F. The third-order valence-corrected chi connectivity index (χ3v) is 3.95. The molecule has 0 aliphatic carbocycles. The first-order chi connectivity index (χ1) is 13.1. The van der Waals surface area contributed by atoms with Gasteiger partial charge in [-0.2, -0.15) is 13.2 Å². The number of carboxylic acids is 1. The van der Waals surface area contributed by atoms with Crippen molar-refractivity contribution < 1.29 is 32.6 Å². The predicted molar refractivity (Wildman–Crippen MR) is 95.9 cm³/mol. The summed E-state index contributed by atoms with van der Waals surface area (Å²) >= 11 is 0. The van der Waals surface area contributed by atoms with Gasteiger partial charge >= 0.3 is 18.2 Å². The number of pyridine rings is 1. The highest BCUT2D eigenvalue weighted by Crippen LogP contribution is 2.14. The summed E-state index contributed by atoms with van der Waals surface area (Å²) in [6, 6.07) is 3.59. The first-order valence-corrected chi connectivity index (χ1v) is 8.60. The van der Waals surface area contributed by atoms with Crippen molar-refractivity contribution >= 4 is 17.8 Å². The number of carbonyl (C=O) groups excluding carboxylic acids is 1. The van der Waals surface area contributed by atoms with E-state index < -0.39 is 12.1 Å². The highest BCUT2D eigenvalue weighted by molar-refractivity contribution is 5.88. The molecule has 0 unspecified atom stereocenters. The number of methoxy groups -OCH3 is 1. The zero-order valence-electron chi connectivity index (χ0n) is 15.8. The van der Waals surface area contributed by atoms with E-state index in [0.717, 1.165) is 38.0 Å². The summed E-state index contributed by atoms with van der Waals surface area (Å²) in [6.45, 7) is 3.40. The maximum absolute atomic E-state index is 12.1. The van der Waals surface area contributed by atoms with Crippen LogP contribution in [0.2, 0.25) is 0 Å². The number of nitrogens with one attached hydrogen (secondary N) is 2. The zero-order valence-corrected chi connectivity index (χ0v) is 15.8. The maximum atomic E-state index is 12.1. The second-order valence-electron chi connectivity index (χ2n) is 6.29. The molecule has 8 nitrogen and oxygen atoms in total. The molecule has 0 aromatic carbocycles. The Morgan fingerprint density at radius 2 is 1.96 bits per heavy atom. The number of hydrogen-bond donors (Lipinski definition) is 3. The van der Waals surface area contributed by atoms with E-state index in [1.165, 1.54) is 0 Å². The molecule has 1 aromatic heterocycles. The van der Waals surface area contributed by atoms with Crippen molar-refractivity contribution in [3.05, 3.63) is 23.9 Å². The Kier molecular flexibility index (Phi) is 9.66. The fraction of sp³-hybridized carbons (Fsp3) is 0.588. The third kappa shape index (κ3) is 9.00. The standard InChI is InChI=1S/C15H24N4O2.C2HF3O2/c1-19(10-12-5-7-16-8-6-12)15(20)18-14-4-3-13(9-17-14)11-21-2;3-2(4,5)1(6)7/h3-4,9,12,16H,5-8,10-11H2,1-2H3,(H,17,18,20);(H,6,7). The molecule has 11 heteroatoms. The van der Waals surface area contributed by atoms with E-state index in [0.29, 0.717) is 18.3 Å². The summed E-state index contributed by atoms with van der Waals surface area (Å²) in [5, 5.41) is 13.3. The van der Waals surface area contributed by atoms with Gasteiger partial charge in [0.15, 0.2) is 0 Å². The summed E-state index contributed by atoms with van der Waals surface area (Å²) < 4.78 is 36.8. The average Bonchev–Trinajstić information content (AvgIpc) is 2.64. The molecule has 0 atom stereocenters. The largest absolute Gasteiger partial charge is 0.490 e. The van der Waals surface area contributed by atoms with Crippen LogP contribution in [0.25, 0.3) is 0 Å². The molecule has 2 heterocycles. The van der Waals surface area contributed by atoms with Gasteiger partial charge in [0.25, 0.3) is 0 Å². The fourth-order valence-electron chi connectivity index (χ4n) is 2.49. The molecular formula is C17H25F3N4O4. The molecule has 3 N–H and O–H groups in total. The van der Waals surface area contributed by atoms with Crippen LogP contribution in [0.5, 0.6) is 0 Å². The van der Waals surface area contributed by atoms with Gasteiger partial charge in [0.05, 0.1) is 6.61 Å². The van der Waals surface area contributed by atoms with Crippen LogP contribution in [0.3, 0.4) is 0 Å². The van der Waals surface area contributed by atoms with Gasteiger partial charge < -0.3 is 20.1 Å². The van der Waals surface area contributed by atoms with Crippen LogP contribution in [0, 0.1) is 5.92 Å². The molecule has 158 valence electrons. The van der Waals surface area contributed by atoms with Gasteiger partial charge in [0.2, 0.25) is 0 Å². The monoisotopic (exact) mass is 406 g/mol. The Morgan fingerprint density at radius 3 is 2.43 bits per heavy atom. The number of aliphatic carboxylic acids is 1. The second-order valence-corrected chi connectivity index (χ2v) is 6.29. The van der Waals surface area contributed by atoms with Gasteiger partial charge in [-0.3, -0.25) is 5.32 Å². The molecule has 1 fully saturated rings. The minimum Gasteiger partial charge on any atom is -0.475 e. The minimum absolute atomic E-state index is 0.111. The number of alkyl halides is 3. The normalized spacial score (nSPS) is 14.6. The second kappa shape index (κ2) is 11.4. The lowest BCUT2D eigenvalue weighted by atomic mass is 9.98. The van der Waals surface area contributed by atoms with E-state index in [1.54, 1.807) is 24.3 Å². The quantitative estimate of drug-likeness (QED) is 0.693. The lowest BCUT2D eigenvalue weighted by Gasteiger charge is -2.27. The lowest BCUT2D eigenvalue weighted by molar-refractivity contribution is -0.192. The molecule has 2 rings (SSSR count). The van der Waals surface area contributed by atoms with Gasteiger partial charge in [-0.05, 0) is 43.5 Å². The van der Waals surface area contributed by atoms with Gasteiger partial charge in [-0.25, -0.2) is 14.6 Å². The van der Waals surface area contributed by atoms with Crippen molar-refractivity contribution in [2.45, 2.75) is 25.6 Å². The van der Waals surface area contributed by atoms with Crippen molar-refractivity contribution in [1.29, 1.82) is 0 Å². The number of rotatable bonds is 5. The summed E-state index contributed by atoms with van der Waals surface area (Å²) in [6.07, 6.45) is -1.12. The van der Waals surface area contributed by atoms with Gasteiger partial charge in [-0.15, -0.1) is 0 Å². The molecule has 1 saturated heterocycles. The first kappa shape index (κ1) is 23.6. The summed E-state index contributed by atoms with van der Waals surface area (Å²) in [5.74, 6) is -1.61. The van der Waals surface area contributed by atoms with E-state index in [2.05, 4.69) is 15.6 Å². The Labute approximate surface area is 161 Å². The van der Waals surface area contributed by atoms with Crippen LogP contribution in [0.4, 0.5) is 23.8 Å². The number of amides is 2. The Hall–Kier alpha value is -2.40. The molecular weight excluding hydrogens is 381 g/mol. The highest BCUT2D eigenvalue weighted by Gasteiger charge is 2.38. The van der Waals surface area contributed by atoms with Crippen molar-refractivity contribution in [1.82, 2.24) is 15.2 Å². The van der Waals surface area contributed by atoms with Gasteiger partial charge in [0, 0.05) is 26.9 Å². The number of carbonyl (C=O) groups is 2. The summed E-state index contributed by atoms with van der Waals surface area (Å²) in [5.41, 5.74) is 0.985. The van der Waals surface area contributed by atoms with Crippen molar-refractivity contribution in [3.8, 4) is 0 Å². The van der Waals surface area contributed by atoms with E-state index in [4.69, 9.17) is 14.6 Å². The average molecular weight is 406 g/mol. The molecule has 2 amide bonds. The molecule has 0 saturated carbocycles. The molecule has 1 aliphatic heterocycles. The Balaban J connectivity index is 0.000000480. The van der Waals surface area contributed by atoms with Crippen molar-refractivity contribution in [2.75, 3.05) is 39.1 Å². The van der Waals surface area contributed by atoms with Crippen LogP contribution < -0.4 is 10.6 Å². The van der Waals surface area contributed by atoms with E-state index in [9.17, 15) is 18.0 Å². The molecule has 0 spiro atoms. The van der Waals surface area contributed by atoms with E-state index >= 15 is 0 Å². The Bertz CT molecular complexity index is 620. The maximum Gasteiger partial charge on any atom is 0.490 e. The number of nitrogens with zero attached hydrogens (tertiary/aromatic N) is 2. The zero-order chi connectivity index (χ0) is 21.2. The van der Waals surface area contributed by atoms with Crippen LogP contribution in [-0.4, -0.2) is 67.0 Å². The molecule has 1 aliphatic rings. The topological polar surface area (TPSA) is 104 Å².